The average Bonchev–Trinajstić information content (AvgIpc) is 2.71. The molecule has 1 N–H and O–H groups in total. The maximum Gasteiger partial charge on any atom is 0.119 e. The fourth-order valence-electron chi connectivity index (χ4n) is 2.59. The number of aliphatic hydroxyl groups is 1. The summed E-state index contributed by atoms with van der Waals surface area (Å²) in [6.45, 7) is 0.291. The molecule has 1 unspecified atom stereocenters. The summed E-state index contributed by atoms with van der Waals surface area (Å²) in [5, 5.41) is 10.1. The van der Waals surface area contributed by atoms with Crippen LogP contribution < -0.4 is 4.74 Å². The van der Waals surface area contributed by atoms with Crippen molar-refractivity contribution in [2.24, 2.45) is 0 Å². The Bertz CT molecular complexity index is 799. The number of aryl methyl sites for hydroxylation is 1. The molecule has 0 fully saturated rings. The zero-order valence-electron chi connectivity index (χ0n) is 14.7. The van der Waals surface area contributed by atoms with E-state index in [4.69, 9.17) is 4.74 Å². The topological polar surface area (TPSA) is 42.4 Å². The summed E-state index contributed by atoms with van der Waals surface area (Å²) in [7, 11) is 0. The highest BCUT2D eigenvalue weighted by Crippen LogP contribution is 2.15. The monoisotopic (exact) mass is 345 g/mol. The summed E-state index contributed by atoms with van der Waals surface area (Å²) in [6.07, 6.45) is 8.69. The van der Waals surface area contributed by atoms with Gasteiger partial charge in [0, 0.05) is 12.4 Å². The standard InChI is InChI=1S/C23H23NO2/c25-22(13-10-21-7-4-16-24-17-21)18-26-23-14-11-20(12-15-23)9-8-19-5-2-1-3-6-19/h1-9,11-12,14-17,22,25H,10,13,18H2/b9-8+. The number of ether oxygens (including phenoxy) is 1. The van der Waals surface area contributed by atoms with Crippen molar-refractivity contribution in [1.82, 2.24) is 4.98 Å². The number of benzene rings is 2. The first kappa shape index (κ1) is 17.9. The van der Waals surface area contributed by atoms with Crippen LogP contribution in [0, 0.1) is 0 Å². The van der Waals surface area contributed by atoms with Crippen molar-refractivity contribution in [3.8, 4) is 5.75 Å². The predicted octanol–water partition coefficient (Wildman–Crippen LogP) is 4.62. The third-order valence-corrected chi connectivity index (χ3v) is 4.08. The third-order valence-electron chi connectivity index (χ3n) is 4.08. The highest BCUT2D eigenvalue weighted by Gasteiger charge is 2.06. The molecular formula is C23H23NO2. The second-order valence-corrected chi connectivity index (χ2v) is 6.18. The normalized spacial score (nSPS) is 12.2. The summed E-state index contributed by atoms with van der Waals surface area (Å²) in [6, 6.07) is 22.0. The van der Waals surface area contributed by atoms with Crippen molar-refractivity contribution in [3.63, 3.8) is 0 Å². The van der Waals surface area contributed by atoms with Crippen LogP contribution in [0.1, 0.15) is 23.1 Å². The Morgan fingerprint density at radius 2 is 1.62 bits per heavy atom. The fraction of sp³-hybridized carbons (Fsp3) is 0.174. The summed E-state index contributed by atoms with van der Waals surface area (Å²) >= 11 is 0. The van der Waals surface area contributed by atoms with E-state index in [-0.39, 0.29) is 0 Å². The zero-order valence-corrected chi connectivity index (χ0v) is 14.7. The lowest BCUT2D eigenvalue weighted by molar-refractivity contribution is 0.100. The van der Waals surface area contributed by atoms with Crippen molar-refractivity contribution >= 4 is 12.2 Å². The van der Waals surface area contributed by atoms with Gasteiger partial charge in [0.1, 0.15) is 12.4 Å². The highest BCUT2D eigenvalue weighted by atomic mass is 16.5. The third kappa shape index (κ3) is 5.87. The van der Waals surface area contributed by atoms with Crippen LogP contribution in [0.5, 0.6) is 5.75 Å². The lowest BCUT2D eigenvalue weighted by Gasteiger charge is -2.12. The molecule has 0 saturated heterocycles. The van der Waals surface area contributed by atoms with Crippen LogP contribution in [0.25, 0.3) is 12.2 Å². The van der Waals surface area contributed by atoms with Crippen LogP contribution in [0.3, 0.4) is 0 Å². The van der Waals surface area contributed by atoms with Gasteiger partial charge in [-0.1, -0.05) is 60.7 Å². The smallest absolute Gasteiger partial charge is 0.119 e. The van der Waals surface area contributed by atoms with Crippen LogP contribution in [0.15, 0.2) is 79.1 Å². The molecule has 26 heavy (non-hydrogen) atoms. The second kappa shape index (κ2) is 9.54. The van der Waals surface area contributed by atoms with E-state index in [1.165, 1.54) is 5.56 Å². The van der Waals surface area contributed by atoms with E-state index < -0.39 is 6.10 Å². The van der Waals surface area contributed by atoms with Gasteiger partial charge in [-0.25, -0.2) is 0 Å². The molecule has 0 aliphatic heterocycles. The van der Waals surface area contributed by atoms with Crippen LogP contribution >= 0.6 is 0 Å². The Morgan fingerprint density at radius 1 is 0.885 bits per heavy atom. The number of nitrogens with zero attached hydrogens (tertiary/aromatic N) is 1. The summed E-state index contributed by atoms with van der Waals surface area (Å²) in [5.41, 5.74) is 3.41. The minimum atomic E-state index is -0.493. The van der Waals surface area contributed by atoms with Crippen molar-refractivity contribution in [3.05, 3.63) is 95.8 Å². The quantitative estimate of drug-likeness (QED) is 0.606. The molecular weight excluding hydrogens is 322 g/mol. The van der Waals surface area contributed by atoms with Gasteiger partial charge in [-0.3, -0.25) is 4.98 Å². The van der Waals surface area contributed by atoms with Crippen LogP contribution in [-0.2, 0) is 6.42 Å². The number of aliphatic hydroxyl groups excluding tert-OH is 1. The molecule has 1 aromatic heterocycles. The number of rotatable bonds is 8. The second-order valence-electron chi connectivity index (χ2n) is 6.18. The molecule has 3 heteroatoms. The van der Waals surface area contributed by atoms with Crippen molar-refractivity contribution < 1.29 is 9.84 Å². The lowest BCUT2D eigenvalue weighted by Crippen LogP contribution is -2.18. The number of pyridine rings is 1. The maximum atomic E-state index is 10.1. The van der Waals surface area contributed by atoms with E-state index in [1.54, 1.807) is 6.20 Å². The van der Waals surface area contributed by atoms with Crippen LogP contribution in [0.2, 0.25) is 0 Å². The average molecular weight is 345 g/mol. The van der Waals surface area contributed by atoms with E-state index >= 15 is 0 Å². The molecule has 3 rings (SSSR count). The molecule has 0 bridgehead atoms. The molecule has 3 nitrogen and oxygen atoms in total. The van der Waals surface area contributed by atoms with Gasteiger partial charge >= 0.3 is 0 Å². The molecule has 0 amide bonds. The Morgan fingerprint density at radius 3 is 2.31 bits per heavy atom. The Hall–Kier alpha value is -2.91. The van der Waals surface area contributed by atoms with E-state index in [2.05, 4.69) is 29.3 Å². The molecule has 132 valence electrons. The molecule has 1 heterocycles. The van der Waals surface area contributed by atoms with Gasteiger partial charge in [-0.15, -0.1) is 0 Å². The minimum Gasteiger partial charge on any atom is -0.491 e. The maximum absolute atomic E-state index is 10.1. The number of hydrogen-bond donors (Lipinski definition) is 1. The van der Waals surface area contributed by atoms with Gasteiger partial charge in [0.05, 0.1) is 6.10 Å². The largest absolute Gasteiger partial charge is 0.491 e. The molecule has 0 radical (unpaired) electrons. The summed E-state index contributed by atoms with van der Waals surface area (Å²) < 4.78 is 5.68. The van der Waals surface area contributed by atoms with E-state index in [1.807, 2.05) is 60.8 Å². The molecule has 2 aromatic carbocycles. The van der Waals surface area contributed by atoms with Crippen LogP contribution in [-0.4, -0.2) is 22.8 Å². The Balaban J connectivity index is 1.44. The number of hydrogen-bond acceptors (Lipinski definition) is 3. The first-order valence-corrected chi connectivity index (χ1v) is 8.82. The predicted molar refractivity (Wildman–Crippen MR) is 106 cm³/mol. The summed E-state index contributed by atoms with van der Waals surface area (Å²) in [4.78, 5) is 4.08. The highest BCUT2D eigenvalue weighted by molar-refractivity contribution is 5.69. The van der Waals surface area contributed by atoms with Gasteiger partial charge in [-0.05, 0) is 47.7 Å². The number of aromatic nitrogens is 1. The van der Waals surface area contributed by atoms with Crippen molar-refractivity contribution in [2.45, 2.75) is 18.9 Å². The van der Waals surface area contributed by atoms with E-state index in [0.29, 0.717) is 13.0 Å². The van der Waals surface area contributed by atoms with Crippen molar-refractivity contribution in [1.29, 1.82) is 0 Å². The lowest BCUT2D eigenvalue weighted by atomic mass is 10.1. The molecule has 0 spiro atoms. The van der Waals surface area contributed by atoms with E-state index in [9.17, 15) is 5.11 Å². The molecule has 0 saturated carbocycles. The Kier molecular flexibility index (Phi) is 6.57. The van der Waals surface area contributed by atoms with Gasteiger partial charge < -0.3 is 9.84 Å². The first-order valence-electron chi connectivity index (χ1n) is 8.82. The van der Waals surface area contributed by atoms with E-state index in [0.717, 1.165) is 23.3 Å². The minimum absolute atomic E-state index is 0.291. The zero-order chi connectivity index (χ0) is 18.0. The molecule has 0 aliphatic carbocycles. The van der Waals surface area contributed by atoms with Gasteiger partial charge in [0.2, 0.25) is 0 Å². The molecule has 3 aromatic rings. The summed E-state index contributed by atoms with van der Waals surface area (Å²) in [5.74, 6) is 0.766. The first-order chi connectivity index (χ1) is 12.8. The Labute approximate surface area is 154 Å². The molecule has 1 atom stereocenters. The SMILES string of the molecule is OC(CCc1cccnc1)COc1ccc(/C=C/c2ccccc2)cc1. The van der Waals surface area contributed by atoms with Crippen molar-refractivity contribution in [2.75, 3.05) is 6.61 Å². The molecule has 0 aliphatic rings. The van der Waals surface area contributed by atoms with Crippen LogP contribution in [0.4, 0.5) is 0 Å². The van der Waals surface area contributed by atoms with Gasteiger partial charge in [0.25, 0.3) is 0 Å². The van der Waals surface area contributed by atoms with Gasteiger partial charge in [-0.2, -0.15) is 0 Å². The van der Waals surface area contributed by atoms with Gasteiger partial charge in [0.15, 0.2) is 0 Å². The fourth-order valence-corrected chi connectivity index (χ4v) is 2.59.